The Bertz CT molecular complexity index is 1190. The Hall–Kier alpha value is -3.37. The van der Waals surface area contributed by atoms with E-state index < -0.39 is 22.7 Å². The predicted molar refractivity (Wildman–Crippen MR) is 125 cm³/mol. The van der Waals surface area contributed by atoms with Crippen LogP contribution in [0.4, 0.5) is 24.8 Å². The Morgan fingerprint density at radius 1 is 1.14 bits per heavy atom. The molecule has 2 aromatic carbocycles. The summed E-state index contributed by atoms with van der Waals surface area (Å²) in [5.74, 6) is 1.08. The van der Waals surface area contributed by atoms with Crippen molar-refractivity contribution >= 4 is 29.1 Å². The molecule has 3 aromatic rings. The molecule has 2 heterocycles. The summed E-state index contributed by atoms with van der Waals surface area (Å²) in [5.41, 5.74) is -0.140. The number of anilines is 2. The van der Waals surface area contributed by atoms with Gasteiger partial charge in [-0.3, -0.25) is 4.79 Å². The van der Waals surface area contributed by atoms with Gasteiger partial charge >= 0.3 is 6.18 Å². The van der Waals surface area contributed by atoms with Crippen LogP contribution in [-0.4, -0.2) is 42.2 Å². The van der Waals surface area contributed by atoms with Crippen molar-refractivity contribution in [3.05, 3.63) is 70.9 Å². The molecular formula is C24H22ClF3N4O3. The highest BCUT2D eigenvalue weighted by molar-refractivity contribution is 6.31. The van der Waals surface area contributed by atoms with Gasteiger partial charge in [0.1, 0.15) is 5.75 Å². The average molecular weight is 507 g/mol. The largest absolute Gasteiger partial charge is 0.439 e. The maximum atomic E-state index is 13.0. The number of alkyl halides is 3. The molecule has 0 unspecified atom stereocenters. The van der Waals surface area contributed by atoms with Crippen molar-refractivity contribution in [1.29, 1.82) is 0 Å². The van der Waals surface area contributed by atoms with Crippen LogP contribution in [0.15, 0.2) is 54.7 Å². The predicted octanol–water partition coefficient (Wildman–Crippen LogP) is 5.35. The second-order valence-corrected chi connectivity index (χ2v) is 8.19. The molecule has 0 bridgehead atoms. The minimum atomic E-state index is -4.61. The fourth-order valence-electron chi connectivity index (χ4n) is 3.49. The Morgan fingerprint density at radius 2 is 1.94 bits per heavy atom. The number of amides is 1. The van der Waals surface area contributed by atoms with E-state index in [4.69, 9.17) is 21.1 Å². The first kappa shape index (κ1) is 24.7. The Labute approximate surface area is 204 Å². The van der Waals surface area contributed by atoms with Crippen LogP contribution in [0.25, 0.3) is 0 Å². The molecular weight excluding hydrogens is 485 g/mol. The van der Waals surface area contributed by atoms with Crippen LogP contribution < -0.4 is 15.0 Å². The number of carbonyl (C=O) groups excluding carboxylic acids is 1. The lowest BCUT2D eigenvalue weighted by molar-refractivity contribution is -0.137. The fraction of sp³-hybridized carbons (Fsp3) is 0.292. The number of halogens is 4. The molecule has 1 aromatic heterocycles. The first-order chi connectivity index (χ1) is 16.8. The summed E-state index contributed by atoms with van der Waals surface area (Å²) in [6, 6.07) is 12.1. The Balaban J connectivity index is 1.35. The second-order valence-electron chi connectivity index (χ2n) is 7.78. The molecule has 184 valence electrons. The molecule has 0 radical (unpaired) electrons. The highest BCUT2D eigenvalue weighted by Crippen LogP contribution is 2.36. The van der Waals surface area contributed by atoms with Gasteiger partial charge in [0.15, 0.2) is 0 Å². The van der Waals surface area contributed by atoms with E-state index in [0.717, 1.165) is 17.7 Å². The lowest BCUT2D eigenvalue weighted by Gasteiger charge is -2.26. The number of hydrogen-bond donors (Lipinski definition) is 1. The average Bonchev–Trinajstić information content (AvgIpc) is 2.84. The van der Waals surface area contributed by atoms with Crippen molar-refractivity contribution in [3.63, 3.8) is 0 Å². The Morgan fingerprint density at radius 3 is 2.71 bits per heavy atom. The zero-order chi connectivity index (χ0) is 24.8. The number of ether oxygens (including phenoxy) is 2. The lowest BCUT2D eigenvalue weighted by Crippen LogP contribution is -2.37. The number of morpholine rings is 1. The van der Waals surface area contributed by atoms with E-state index >= 15 is 0 Å². The summed E-state index contributed by atoms with van der Waals surface area (Å²) in [6.07, 6.45) is -2.54. The normalized spacial score (nSPS) is 14.0. The number of rotatable bonds is 7. The van der Waals surface area contributed by atoms with Gasteiger partial charge in [0, 0.05) is 37.5 Å². The number of nitrogens with one attached hydrogen (secondary N) is 1. The van der Waals surface area contributed by atoms with Crippen molar-refractivity contribution in [1.82, 2.24) is 9.97 Å². The monoisotopic (exact) mass is 506 g/mol. The maximum Gasteiger partial charge on any atom is 0.417 e. The molecule has 7 nitrogen and oxygen atoms in total. The third-order valence-corrected chi connectivity index (χ3v) is 5.56. The van der Waals surface area contributed by atoms with Gasteiger partial charge in [0.25, 0.3) is 0 Å². The summed E-state index contributed by atoms with van der Waals surface area (Å²) in [7, 11) is 0. The summed E-state index contributed by atoms with van der Waals surface area (Å²) < 4.78 is 50.3. The molecule has 35 heavy (non-hydrogen) atoms. The lowest BCUT2D eigenvalue weighted by atomic mass is 10.1. The van der Waals surface area contributed by atoms with Crippen LogP contribution in [0.1, 0.15) is 17.5 Å². The fourth-order valence-corrected chi connectivity index (χ4v) is 3.72. The number of nitrogens with zero attached hydrogens (tertiary/aromatic N) is 3. The van der Waals surface area contributed by atoms with Gasteiger partial charge < -0.3 is 19.7 Å². The zero-order valence-corrected chi connectivity index (χ0v) is 19.3. The first-order valence-corrected chi connectivity index (χ1v) is 11.2. The highest BCUT2D eigenvalue weighted by atomic mass is 35.5. The van der Waals surface area contributed by atoms with Gasteiger partial charge in [0.2, 0.25) is 17.7 Å². The molecule has 0 saturated carbocycles. The maximum absolute atomic E-state index is 13.0. The number of aromatic nitrogens is 2. The number of benzene rings is 2. The van der Waals surface area contributed by atoms with Crippen molar-refractivity contribution in [2.24, 2.45) is 0 Å². The molecule has 0 spiro atoms. The van der Waals surface area contributed by atoms with Gasteiger partial charge in [-0.2, -0.15) is 18.2 Å². The Kier molecular flexibility index (Phi) is 7.72. The van der Waals surface area contributed by atoms with Gasteiger partial charge in [-0.1, -0.05) is 23.7 Å². The van der Waals surface area contributed by atoms with Crippen LogP contribution in [0.2, 0.25) is 5.02 Å². The van der Waals surface area contributed by atoms with Crippen molar-refractivity contribution in [3.8, 4) is 11.6 Å². The van der Waals surface area contributed by atoms with Crippen LogP contribution in [0.5, 0.6) is 11.6 Å². The minimum absolute atomic E-state index is 0.0312. The molecule has 1 aliphatic heterocycles. The van der Waals surface area contributed by atoms with Crippen molar-refractivity contribution in [2.45, 2.75) is 19.0 Å². The SMILES string of the molecule is O=C(CCc1cccc(Oc2ccnc(N3CCOCC3)n2)c1)Nc1ccc(Cl)c(C(F)(F)F)c1. The second kappa shape index (κ2) is 10.9. The number of hydrogen-bond acceptors (Lipinski definition) is 6. The number of aryl methyl sites for hydroxylation is 1. The van der Waals surface area contributed by atoms with Crippen LogP contribution in [-0.2, 0) is 22.1 Å². The summed E-state index contributed by atoms with van der Waals surface area (Å²) >= 11 is 5.62. The molecule has 1 amide bonds. The topological polar surface area (TPSA) is 76.6 Å². The molecule has 0 atom stereocenters. The van der Waals surface area contributed by atoms with E-state index in [0.29, 0.717) is 50.3 Å². The number of carbonyl (C=O) groups is 1. The zero-order valence-electron chi connectivity index (χ0n) is 18.5. The summed E-state index contributed by atoms with van der Waals surface area (Å²) in [5, 5.41) is 2.06. The van der Waals surface area contributed by atoms with E-state index in [9.17, 15) is 18.0 Å². The van der Waals surface area contributed by atoms with Gasteiger partial charge in [-0.25, -0.2) is 4.98 Å². The molecule has 0 aliphatic carbocycles. The van der Waals surface area contributed by atoms with E-state index in [1.807, 2.05) is 11.0 Å². The van der Waals surface area contributed by atoms with Crippen LogP contribution >= 0.6 is 11.6 Å². The molecule has 4 rings (SSSR count). The minimum Gasteiger partial charge on any atom is -0.439 e. The third-order valence-electron chi connectivity index (χ3n) is 5.23. The third kappa shape index (κ3) is 6.83. The summed E-state index contributed by atoms with van der Waals surface area (Å²) in [4.78, 5) is 23.1. The molecule has 1 saturated heterocycles. The van der Waals surface area contributed by atoms with E-state index in [2.05, 4.69) is 15.3 Å². The van der Waals surface area contributed by atoms with E-state index in [-0.39, 0.29) is 12.1 Å². The molecule has 11 heteroatoms. The van der Waals surface area contributed by atoms with Gasteiger partial charge in [-0.15, -0.1) is 0 Å². The molecule has 1 fully saturated rings. The van der Waals surface area contributed by atoms with E-state index in [1.165, 1.54) is 6.07 Å². The quantitative estimate of drug-likeness (QED) is 0.465. The molecule has 1 N–H and O–H groups in total. The first-order valence-electron chi connectivity index (χ1n) is 10.9. The van der Waals surface area contributed by atoms with Crippen molar-refractivity contribution in [2.75, 3.05) is 36.5 Å². The highest BCUT2D eigenvalue weighted by Gasteiger charge is 2.33. The van der Waals surface area contributed by atoms with Crippen LogP contribution in [0, 0.1) is 0 Å². The summed E-state index contributed by atoms with van der Waals surface area (Å²) in [6.45, 7) is 2.64. The smallest absolute Gasteiger partial charge is 0.417 e. The van der Waals surface area contributed by atoms with E-state index in [1.54, 1.807) is 30.5 Å². The molecule has 1 aliphatic rings. The van der Waals surface area contributed by atoms with Crippen LogP contribution in [0.3, 0.4) is 0 Å². The van der Waals surface area contributed by atoms with Gasteiger partial charge in [-0.05, 0) is 42.3 Å². The standard InChI is InChI=1S/C24H22ClF3N4O3/c25-20-6-5-17(15-19(20)24(26,27)28)30-21(33)7-4-16-2-1-3-18(14-16)35-22-8-9-29-23(31-22)32-10-12-34-13-11-32/h1-3,5-6,8-9,14-15H,4,7,10-13H2,(H,30,33). The van der Waals surface area contributed by atoms with Crippen molar-refractivity contribution < 1.29 is 27.4 Å². The van der Waals surface area contributed by atoms with Gasteiger partial charge in [0.05, 0.1) is 23.8 Å².